The number of nitrogens with one attached hydrogen (secondary N) is 1. The number of carbonyl (C=O) groups is 1. The van der Waals surface area contributed by atoms with Crippen LogP contribution in [0.25, 0.3) is 0 Å². The first kappa shape index (κ1) is 15.8. The summed E-state index contributed by atoms with van der Waals surface area (Å²) in [5, 5.41) is 12.8. The van der Waals surface area contributed by atoms with Gasteiger partial charge in [-0.25, -0.2) is 0 Å². The van der Waals surface area contributed by atoms with Crippen LogP contribution >= 0.6 is 0 Å². The molecular formula is C15H22N2O4. The van der Waals surface area contributed by atoms with Crippen LogP contribution in [0.5, 0.6) is 5.75 Å². The molecule has 0 aliphatic carbocycles. The molecule has 1 amide bonds. The van der Waals surface area contributed by atoms with E-state index in [1.807, 2.05) is 0 Å². The monoisotopic (exact) mass is 294 g/mol. The molecular weight excluding hydrogens is 272 g/mol. The Labute approximate surface area is 124 Å². The molecule has 0 bridgehead atoms. The summed E-state index contributed by atoms with van der Waals surface area (Å²) in [6.07, 6.45) is 0.187. The van der Waals surface area contributed by atoms with Crippen LogP contribution in [0.3, 0.4) is 0 Å². The maximum absolute atomic E-state index is 12.0. The summed E-state index contributed by atoms with van der Waals surface area (Å²) < 4.78 is 10.6. The lowest BCUT2D eigenvalue weighted by Crippen LogP contribution is -2.37. The first-order chi connectivity index (χ1) is 10.1. The third-order valence-electron chi connectivity index (χ3n) is 3.61. The molecule has 1 aliphatic rings. The Morgan fingerprint density at radius 1 is 1.57 bits per heavy atom. The maximum atomic E-state index is 12.0. The average Bonchev–Trinajstić information content (AvgIpc) is 3.01. The predicted molar refractivity (Wildman–Crippen MR) is 77.9 cm³/mol. The van der Waals surface area contributed by atoms with E-state index in [0.29, 0.717) is 24.3 Å². The van der Waals surface area contributed by atoms with E-state index in [2.05, 4.69) is 5.32 Å². The lowest BCUT2D eigenvalue weighted by molar-refractivity contribution is -0.132. The second-order valence-electron chi connectivity index (χ2n) is 5.10. The van der Waals surface area contributed by atoms with Crippen molar-refractivity contribution in [1.82, 2.24) is 5.32 Å². The van der Waals surface area contributed by atoms with Gasteiger partial charge in [-0.2, -0.15) is 0 Å². The van der Waals surface area contributed by atoms with E-state index in [1.165, 1.54) is 0 Å². The van der Waals surface area contributed by atoms with Gasteiger partial charge in [0.05, 0.1) is 19.3 Å². The number of amides is 1. The largest absolute Gasteiger partial charge is 0.497 e. The van der Waals surface area contributed by atoms with Gasteiger partial charge >= 0.3 is 0 Å². The van der Waals surface area contributed by atoms with E-state index in [4.69, 9.17) is 15.2 Å². The Hall–Kier alpha value is -1.63. The van der Waals surface area contributed by atoms with E-state index in [-0.39, 0.29) is 18.6 Å². The molecule has 0 aromatic heterocycles. The molecule has 4 N–H and O–H groups in total. The number of aliphatic hydroxyl groups excluding tert-OH is 1. The van der Waals surface area contributed by atoms with Crippen LogP contribution in [0.4, 0.5) is 0 Å². The van der Waals surface area contributed by atoms with E-state index in [0.717, 1.165) is 6.42 Å². The van der Waals surface area contributed by atoms with Gasteiger partial charge in [0.1, 0.15) is 11.9 Å². The number of hydrogen-bond acceptors (Lipinski definition) is 5. The molecule has 0 spiro atoms. The SMILES string of the molecule is COc1cccc(C(O)CNC(=O)[C@@H]2CC[C@H](CN)O2)c1. The third-order valence-corrected chi connectivity index (χ3v) is 3.61. The number of nitrogens with two attached hydrogens (primary N) is 1. The van der Waals surface area contributed by atoms with Gasteiger partial charge in [-0.15, -0.1) is 0 Å². The predicted octanol–water partition coefficient (Wildman–Crippen LogP) is 0.351. The fourth-order valence-corrected chi connectivity index (χ4v) is 2.35. The summed E-state index contributed by atoms with van der Waals surface area (Å²) in [6, 6.07) is 7.13. The average molecular weight is 294 g/mol. The number of aliphatic hydroxyl groups is 1. The molecule has 21 heavy (non-hydrogen) atoms. The molecule has 1 heterocycles. The van der Waals surface area contributed by atoms with E-state index in [1.54, 1.807) is 31.4 Å². The fraction of sp³-hybridized carbons (Fsp3) is 0.533. The highest BCUT2D eigenvalue weighted by Gasteiger charge is 2.29. The van der Waals surface area contributed by atoms with Crippen LogP contribution in [0.15, 0.2) is 24.3 Å². The van der Waals surface area contributed by atoms with Gasteiger partial charge in [0.2, 0.25) is 5.91 Å². The number of hydrogen-bond donors (Lipinski definition) is 3. The Balaban J connectivity index is 1.83. The molecule has 0 saturated carbocycles. The second kappa shape index (κ2) is 7.40. The third kappa shape index (κ3) is 4.17. The number of rotatable bonds is 6. The number of carbonyl (C=O) groups excluding carboxylic acids is 1. The zero-order valence-electron chi connectivity index (χ0n) is 12.1. The normalized spacial score (nSPS) is 22.8. The van der Waals surface area contributed by atoms with Crippen molar-refractivity contribution in [1.29, 1.82) is 0 Å². The lowest BCUT2D eigenvalue weighted by Gasteiger charge is -2.16. The summed E-state index contributed by atoms with van der Waals surface area (Å²) in [6.45, 7) is 0.565. The van der Waals surface area contributed by atoms with Gasteiger partial charge in [-0.3, -0.25) is 4.79 Å². The lowest BCUT2D eigenvalue weighted by atomic mass is 10.1. The number of ether oxygens (including phenoxy) is 2. The van der Waals surface area contributed by atoms with Gasteiger partial charge in [0, 0.05) is 13.1 Å². The summed E-state index contributed by atoms with van der Waals surface area (Å²) in [5.74, 6) is 0.468. The smallest absolute Gasteiger partial charge is 0.249 e. The molecule has 1 fully saturated rings. The highest BCUT2D eigenvalue weighted by Crippen LogP contribution is 2.20. The van der Waals surface area contributed by atoms with Gasteiger partial charge in [-0.1, -0.05) is 12.1 Å². The molecule has 6 nitrogen and oxygen atoms in total. The van der Waals surface area contributed by atoms with Gasteiger partial charge < -0.3 is 25.6 Å². The Kier molecular flexibility index (Phi) is 5.55. The first-order valence-corrected chi connectivity index (χ1v) is 7.09. The van der Waals surface area contributed by atoms with Crippen molar-refractivity contribution in [2.75, 3.05) is 20.2 Å². The molecule has 1 saturated heterocycles. The van der Waals surface area contributed by atoms with Crippen molar-refractivity contribution in [2.45, 2.75) is 31.2 Å². The van der Waals surface area contributed by atoms with Crippen molar-refractivity contribution in [2.24, 2.45) is 5.73 Å². The fourth-order valence-electron chi connectivity index (χ4n) is 2.35. The molecule has 1 aliphatic heterocycles. The number of benzene rings is 1. The quantitative estimate of drug-likeness (QED) is 0.704. The van der Waals surface area contributed by atoms with Crippen molar-refractivity contribution in [3.05, 3.63) is 29.8 Å². The molecule has 2 rings (SSSR count). The minimum absolute atomic E-state index is 0.0379. The van der Waals surface area contributed by atoms with Crippen LogP contribution < -0.4 is 15.8 Å². The van der Waals surface area contributed by atoms with Gasteiger partial charge in [0.25, 0.3) is 0 Å². The molecule has 6 heteroatoms. The first-order valence-electron chi connectivity index (χ1n) is 7.09. The van der Waals surface area contributed by atoms with Crippen molar-refractivity contribution < 1.29 is 19.4 Å². The second-order valence-corrected chi connectivity index (χ2v) is 5.10. The Bertz CT molecular complexity index is 480. The zero-order valence-corrected chi connectivity index (χ0v) is 12.1. The molecule has 0 radical (unpaired) electrons. The van der Waals surface area contributed by atoms with Crippen molar-refractivity contribution in [3.63, 3.8) is 0 Å². The van der Waals surface area contributed by atoms with Crippen LogP contribution in [0.1, 0.15) is 24.5 Å². The number of methoxy groups -OCH3 is 1. The molecule has 3 atom stereocenters. The van der Waals surface area contributed by atoms with Crippen LogP contribution in [0.2, 0.25) is 0 Å². The van der Waals surface area contributed by atoms with E-state index < -0.39 is 12.2 Å². The topological polar surface area (TPSA) is 93.8 Å². The molecule has 1 unspecified atom stereocenters. The summed E-state index contributed by atoms with van der Waals surface area (Å²) in [7, 11) is 1.57. The zero-order chi connectivity index (χ0) is 15.2. The highest BCUT2D eigenvalue weighted by atomic mass is 16.5. The van der Waals surface area contributed by atoms with Gasteiger partial charge in [0.15, 0.2) is 0 Å². The summed E-state index contributed by atoms with van der Waals surface area (Å²) in [4.78, 5) is 12.0. The van der Waals surface area contributed by atoms with Crippen molar-refractivity contribution >= 4 is 5.91 Å². The van der Waals surface area contributed by atoms with Crippen LogP contribution in [0, 0.1) is 0 Å². The summed E-state index contributed by atoms with van der Waals surface area (Å²) in [5.41, 5.74) is 6.21. The Morgan fingerprint density at radius 3 is 3.05 bits per heavy atom. The summed E-state index contributed by atoms with van der Waals surface area (Å²) >= 11 is 0. The van der Waals surface area contributed by atoms with Crippen LogP contribution in [-0.2, 0) is 9.53 Å². The highest BCUT2D eigenvalue weighted by molar-refractivity contribution is 5.81. The minimum Gasteiger partial charge on any atom is -0.497 e. The van der Waals surface area contributed by atoms with Gasteiger partial charge in [-0.05, 0) is 30.5 Å². The van der Waals surface area contributed by atoms with E-state index in [9.17, 15) is 9.90 Å². The van der Waals surface area contributed by atoms with Crippen LogP contribution in [-0.4, -0.2) is 43.4 Å². The van der Waals surface area contributed by atoms with E-state index >= 15 is 0 Å². The molecule has 116 valence electrons. The Morgan fingerprint density at radius 2 is 2.38 bits per heavy atom. The minimum atomic E-state index is -0.782. The standard InChI is InChI=1S/C15H22N2O4/c1-20-11-4-2-3-10(7-11)13(18)9-17-15(19)14-6-5-12(8-16)21-14/h2-4,7,12-14,18H,5-6,8-9,16H2,1H3,(H,17,19)/t12-,13?,14+/m1/s1. The van der Waals surface area contributed by atoms with Crippen molar-refractivity contribution in [3.8, 4) is 5.75 Å². The maximum Gasteiger partial charge on any atom is 0.249 e. The molecule has 1 aromatic carbocycles. The molecule has 1 aromatic rings.